The molecular weight excluding hydrogens is 530 g/mol. The molecule has 2 aromatic rings. The first kappa shape index (κ1) is 28.4. The summed E-state index contributed by atoms with van der Waals surface area (Å²) in [5.74, 6) is 0.0543. The van der Waals surface area contributed by atoms with E-state index in [2.05, 4.69) is 77.5 Å². The van der Waals surface area contributed by atoms with Gasteiger partial charge in [0.2, 0.25) is 0 Å². The number of azo groups is 1. The van der Waals surface area contributed by atoms with Gasteiger partial charge in [0.05, 0.1) is 18.8 Å². The number of aliphatic hydroxyl groups is 1. The van der Waals surface area contributed by atoms with Crippen molar-refractivity contribution in [3.8, 4) is 0 Å². The SMILES string of the molecule is CC[C@H]1CN(c2nc(N)c(C(=O)NCCO)nc2Cl)CCN1C1CCN(Cc2ccc(C3=CCN=N3)cc2)CC1. The van der Waals surface area contributed by atoms with Crippen molar-refractivity contribution in [1.82, 2.24) is 25.1 Å². The van der Waals surface area contributed by atoms with E-state index in [-0.39, 0.29) is 29.8 Å². The molecule has 5 rings (SSSR count). The summed E-state index contributed by atoms with van der Waals surface area (Å²) in [4.78, 5) is 28.3. The van der Waals surface area contributed by atoms with Crippen LogP contribution in [0.5, 0.6) is 0 Å². The Morgan fingerprint density at radius 2 is 1.93 bits per heavy atom. The number of nitrogens with two attached hydrogens (primary N) is 1. The molecule has 2 saturated heterocycles. The zero-order valence-corrected chi connectivity index (χ0v) is 23.7. The number of halogens is 1. The predicted octanol–water partition coefficient (Wildman–Crippen LogP) is 2.81. The highest BCUT2D eigenvalue weighted by atomic mass is 35.5. The highest BCUT2D eigenvalue weighted by Gasteiger charge is 2.34. The third-order valence-corrected chi connectivity index (χ3v) is 8.26. The van der Waals surface area contributed by atoms with Gasteiger partial charge in [0, 0.05) is 50.4 Å². The molecule has 0 bridgehead atoms. The van der Waals surface area contributed by atoms with E-state index in [1.807, 2.05) is 0 Å². The zero-order chi connectivity index (χ0) is 28.1. The van der Waals surface area contributed by atoms with Gasteiger partial charge in [-0.15, -0.1) is 0 Å². The molecule has 1 aromatic heterocycles. The Balaban J connectivity index is 1.15. The number of anilines is 2. The van der Waals surface area contributed by atoms with Crippen LogP contribution in [0.25, 0.3) is 5.70 Å². The standard InChI is InChI=1S/C28H38ClN9O2/c1-2-21-18-37(27-25(29)33-24(26(30)34-27)28(40)31-11-16-39)14-15-38(21)22-8-12-36(13-9-22)17-19-3-5-20(6-4-19)23-7-10-32-35-23/h3-7,21-22,39H,2,8-18H2,1H3,(H2,30,34)(H,31,40)/t21-/m0/s1. The summed E-state index contributed by atoms with van der Waals surface area (Å²) < 4.78 is 0. The number of benzene rings is 1. The molecule has 2 fully saturated rings. The van der Waals surface area contributed by atoms with Crippen LogP contribution in [-0.2, 0) is 6.54 Å². The van der Waals surface area contributed by atoms with Crippen molar-refractivity contribution in [2.75, 3.05) is 63.1 Å². The Bertz CT molecular complexity index is 1250. The number of amides is 1. The highest BCUT2D eigenvalue weighted by molar-refractivity contribution is 6.32. The highest BCUT2D eigenvalue weighted by Crippen LogP contribution is 2.30. The summed E-state index contributed by atoms with van der Waals surface area (Å²) in [7, 11) is 0. The van der Waals surface area contributed by atoms with E-state index in [0.717, 1.165) is 69.8 Å². The van der Waals surface area contributed by atoms with E-state index in [1.54, 1.807) is 0 Å². The minimum atomic E-state index is -0.499. The van der Waals surface area contributed by atoms with Crippen molar-refractivity contribution in [2.45, 2.75) is 44.8 Å². The number of piperidine rings is 1. The molecular formula is C28H38ClN9O2. The number of aromatic nitrogens is 2. The van der Waals surface area contributed by atoms with Crippen LogP contribution >= 0.6 is 11.6 Å². The van der Waals surface area contributed by atoms with Crippen molar-refractivity contribution in [3.05, 3.63) is 52.3 Å². The third kappa shape index (κ3) is 6.43. The Hall–Kier alpha value is -3.12. The molecule has 3 aliphatic rings. The van der Waals surface area contributed by atoms with Crippen LogP contribution in [0.2, 0.25) is 5.15 Å². The first-order chi connectivity index (χ1) is 19.5. The molecule has 4 N–H and O–H groups in total. The molecule has 1 atom stereocenters. The lowest BCUT2D eigenvalue weighted by Crippen LogP contribution is -2.58. The number of rotatable bonds is 9. The number of nitrogen functional groups attached to an aromatic ring is 1. The van der Waals surface area contributed by atoms with Crippen molar-refractivity contribution < 1.29 is 9.90 Å². The minimum absolute atomic E-state index is 0.0201. The summed E-state index contributed by atoms with van der Waals surface area (Å²) >= 11 is 6.48. The van der Waals surface area contributed by atoms with Crippen molar-refractivity contribution >= 4 is 34.8 Å². The molecule has 1 amide bonds. The van der Waals surface area contributed by atoms with E-state index in [1.165, 1.54) is 5.56 Å². The summed E-state index contributed by atoms with van der Waals surface area (Å²) in [5.41, 5.74) is 9.48. The summed E-state index contributed by atoms with van der Waals surface area (Å²) in [6.45, 7) is 8.42. The maximum absolute atomic E-state index is 12.3. The van der Waals surface area contributed by atoms with Gasteiger partial charge in [-0.1, -0.05) is 42.8 Å². The topological polar surface area (TPSA) is 136 Å². The lowest BCUT2D eigenvalue weighted by Gasteiger charge is -2.47. The lowest BCUT2D eigenvalue weighted by atomic mass is 9.97. The zero-order valence-electron chi connectivity index (χ0n) is 23.0. The number of likely N-dealkylation sites (tertiary alicyclic amines) is 1. The maximum atomic E-state index is 12.3. The minimum Gasteiger partial charge on any atom is -0.395 e. The van der Waals surface area contributed by atoms with Gasteiger partial charge in [-0.2, -0.15) is 10.2 Å². The van der Waals surface area contributed by atoms with Gasteiger partial charge in [0.25, 0.3) is 5.91 Å². The first-order valence-electron chi connectivity index (χ1n) is 14.1. The van der Waals surface area contributed by atoms with Crippen LogP contribution in [-0.4, -0.2) is 95.3 Å². The van der Waals surface area contributed by atoms with Crippen LogP contribution in [0.15, 0.2) is 40.6 Å². The van der Waals surface area contributed by atoms with Crippen molar-refractivity contribution in [3.63, 3.8) is 0 Å². The van der Waals surface area contributed by atoms with Crippen LogP contribution in [0, 0.1) is 0 Å². The number of nitrogens with one attached hydrogen (secondary N) is 1. The van der Waals surface area contributed by atoms with Crippen molar-refractivity contribution in [1.29, 1.82) is 0 Å². The fraction of sp³-hybridized carbons (Fsp3) is 0.536. The number of nitrogens with zero attached hydrogens (tertiary/aromatic N) is 7. The Morgan fingerprint density at radius 3 is 2.60 bits per heavy atom. The van der Waals surface area contributed by atoms with Gasteiger partial charge in [0.1, 0.15) is 0 Å². The molecule has 1 aromatic carbocycles. The fourth-order valence-corrected chi connectivity index (χ4v) is 6.10. The Kier molecular flexibility index (Phi) is 9.25. The number of aliphatic hydroxyl groups excluding tert-OH is 1. The van der Waals surface area contributed by atoms with Gasteiger partial charge in [-0.25, -0.2) is 9.97 Å². The molecule has 0 aliphatic carbocycles. The van der Waals surface area contributed by atoms with Crippen LogP contribution in [0.1, 0.15) is 47.8 Å². The van der Waals surface area contributed by atoms with Gasteiger partial charge in [-0.3, -0.25) is 14.6 Å². The van der Waals surface area contributed by atoms with Crippen LogP contribution in [0.3, 0.4) is 0 Å². The largest absolute Gasteiger partial charge is 0.395 e. The Labute approximate surface area is 240 Å². The molecule has 0 radical (unpaired) electrons. The molecule has 0 saturated carbocycles. The molecule has 4 heterocycles. The van der Waals surface area contributed by atoms with Crippen molar-refractivity contribution in [2.24, 2.45) is 10.2 Å². The first-order valence-corrected chi connectivity index (χ1v) is 14.5. The monoisotopic (exact) mass is 567 g/mol. The quantitative estimate of drug-likeness (QED) is 0.421. The maximum Gasteiger partial charge on any atom is 0.273 e. The van der Waals surface area contributed by atoms with Gasteiger partial charge >= 0.3 is 0 Å². The number of hydrogen-bond acceptors (Lipinski definition) is 10. The summed E-state index contributed by atoms with van der Waals surface area (Å²) in [5, 5.41) is 19.9. The van der Waals surface area contributed by atoms with E-state index in [9.17, 15) is 4.79 Å². The number of hydrogen-bond donors (Lipinski definition) is 3. The smallest absolute Gasteiger partial charge is 0.273 e. The molecule has 40 heavy (non-hydrogen) atoms. The van der Waals surface area contributed by atoms with E-state index >= 15 is 0 Å². The van der Waals surface area contributed by atoms with Crippen LogP contribution < -0.4 is 16.0 Å². The second-order valence-corrected chi connectivity index (χ2v) is 10.9. The molecule has 3 aliphatic heterocycles. The second-order valence-electron chi connectivity index (χ2n) is 10.5. The van der Waals surface area contributed by atoms with Gasteiger partial charge in [0.15, 0.2) is 22.5 Å². The van der Waals surface area contributed by atoms with Crippen LogP contribution in [0.4, 0.5) is 11.6 Å². The number of carbonyl (C=O) groups excluding carboxylic acids is 1. The molecule has 214 valence electrons. The predicted molar refractivity (Wildman–Crippen MR) is 156 cm³/mol. The fourth-order valence-electron chi connectivity index (χ4n) is 5.85. The number of carbonyl (C=O) groups is 1. The molecule has 11 nitrogen and oxygen atoms in total. The normalized spacial score (nSPS) is 20.6. The third-order valence-electron chi connectivity index (χ3n) is 8.00. The lowest BCUT2D eigenvalue weighted by molar-refractivity contribution is 0.0610. The second kappa shape index (κ2) is 13.0. The van der Waals surface area contributed by atoms with E-state index in [0.29, 0.717) is 24.4 Å². The summed E-state index contributed by atoms with van der Waals surface area (Å²) in [6.07, 6.45) is 5.36. The average Bonchev–Trinajstić information content (AvgIpc) is 3.53. The number of piperazine rings is 1. The summed E-state index contributed by atoms with van der Waals surface area (Å²) in [6, 6.07) is 9.62. The van der Waals surface area contributed by atoms with E-state index in [4.69, 9.17) is 22.4 Å². The average molecular weight is 568 g/mol. The molecule has 0 unspecified atom stereocenters. The molecule has 12 heteroatoms. The Morgan fingerprint density at radius 1 is 1.15 bits per heavy atom. The molecule has 0 spiro atoms. The van der Waals surface area contributed by atoms with Gasteiger partial charge in [-0.05, 0) is 44.0 Å². The van der Waals surface area contributed by atoms with E-state index < -0.39 is 5.91 Å². The van der Waals surface area contributed by atoms with Gasteiger partial charge < -0.3 is 21.1 Å².